The van der Waals surface area contributed by atoms with E-state index in [9.17, 15) is 0 Å². The zero-order valence-corrected chi connectivity index (χ0v) is 12.4. The maximum absolute atomic E-state index is 8.77. The molecule has 0 bridgehead atoms. The molecule has 1 aromatic carbocycles. The molecular formula is C17H25N3. The second-order valence-corrected chi connectivity index (χ2v) is 6.09. The summed E-state index contributed by atoms with van der Waals surface area (Å²) in [6, 6.07) is 12.9. The van der Waals surface area contributed by atoms with Crippen molar-refractivity contribution in [3.8, 4) is 6.07 Å². The average Bonchev–Trinajstić information content (AvgIpc) is 3.20. The van der Waals surface area contributed by atoms with E-state index in [4.69, 9.17) is 5.26 Å². The summed E-state index contributed by atoms with van der Waals surface area (Å²) in [5, 5.41) is 12.3. The van der Waals surface area contributed by atoms with Crippen LogP contribution in [0.15, 0.2) is 30.3 Å². The Labute approximate surface area is 122 Å². The Balaban J connectivity index is 1.54. The SMILES string of the molecule is CN(CCCNCC1(CC#N)CC1)Cc1ccccc1. The predicted octanol–water partition coefficient (Wildman–Crippen LogP) is 2.79. The Morgan fingerprint density at radius 1 is 1.30 bits per heavy atom. The zero-order valence-electron chi connectivity index (χ0n) is 12.4. The number of nitrogens with zero attached hydrogens (tertiary/aromatic N) is 2. The quantitative estimate of drug-likeness (QED) is 0.702. The Morgan fingerprint density at radius 2 is 2.05 bits per heavy atom. The molecule has 1 aromatic rings. The molecule has 3 heteroatoms. The molecule has 1 N–H and O–H groups in total. The van der Waals surface area contributed by atoms with Crippen LogP contribution in [0.1, 0.15) is 31.2 Å². The number of nitrogens with one attached hydrogen (secondary N) is 1. The summed E-state index contributed by atoms with van der Waals surface area (Å²) in [6.45, 7) is 4.18. The van der Waals surface area contributed by atoms with E-state index in [0.717, 1.165) is 32.6 Å². The standard InChI is InChI=1S/C17H25N3/c1-20(14-16-6-3-2-4-7-16)13-5-12-19-15-17(8-9-17)10-11-18/h2-4,6-7,19H,5,8-10,12-15H2,1H3. The molecule has 1 aliphatic carbocycles. The van der Waals surface area contributed by atoms with Crippen LogP contribution in [0.5, 0.6) is 0 Å². The lowest BCUT2D eigenvalue weighted by atomic mass is 10.0. The number of benzene rings is 1. The summed E-state index contributed by atoms with van der Waals surface area (Å²) in [4.78, 5) is 2.36. The van der Waals surface area contributed by atoms with Gasteiger partial charge in [0.05, 0.1) is 6.07 Å². The average molecular weight is 271 g/mol. The molecule has 1 fully saturated rings. The van der Waals surface area contributed by atoms with Crippen LogP contribution in [-0.2, 0) is 6.54 Å². The fourth-order valence-corrected chi connectivity index (χ4v) is 2.56. The van der Waals surface area contributed by atoms with Crippen LogP contribution in [-0.4, -0.2) is 31.6 Å². The molecule has 0 unspecified atom stereocenters. The van der Waals surface area contributed by atoms with Crippen molar-refractivity contribution in [1.82, 2.24) is 10.2 Å². The summed E-state index contributed by atoms with van der Waals surface area (Å²) in [5.74, 6) is 0. The molecule has 3 nitrogen and oxygen atoms in total. The molecule has 1 saturated carbocycles. The van der Waals surface area contributed by atoms with Gasteiger partial charge in [-0.25, -0.2) is 0 Å². The minimum Gasteiger partial charge on any atom is -0.316 e. The van der Waals surface area contributed by atoms with Gasteiger partial charge < -0.3 is 10.2 Å². The van der Waals surface area contributed by atoms with Gasteiger partial charge in [0, 0.05) is 19.5 Å². The second kappa shape index (κ2) is 7.42. The van der Waals surface area contributed by atoms with Crippen LogP contribution in [0.2, 0.25) is 0 Å². The highest BCUT2D eigenvalue weighted by Gasteiger charge is 2.41. The van der Waals surface area contributed by atoms with Crippen LogP contribution in [0.3, 0.4) is 0 Å². The van der Waals surface area contributed by atoms with Gasteiger partial charge in [0.25, 0.3) is 0 Å². The molecule has 0 amide bonds. The summed E-state index contributed by atoms with van der Waals surface area (Å²) in [7, 11) is 2.17. The molecule has 108 valence electrons. The van der Waals surface area contributed by atoms with Crippen molar-refractivity contribution in [3.63, 3.8) is 0 Å². The molecule has 0 spiro atoms. The monoisotopic (exact) mass is 271 g/mol. The Morgan fingerprint density at radius 3 is 2.70 bits per heavy atom. The van der Waals surface area contributed by atoms with Gasteiger partial charge in [0.2, 0.25) is 0 Å². The molecule has 0 aromatic heterocycles. The fourth-order valence-electron chi connectivity index (χ4n) is 2.56. The molecular weight excluding hydrogens is 246 g/mol. The van der Waals surface area contributed by atoms with Gasteiger partial charge in [-0.05, 0) is 50.4 Å². The number of hydrogen-bond acceptors (Lipinski definition) is 3. The summed E-state index contributed by atoms with van der Waals surface area (Å²) in [6.07, 6.45) is 4.32. The molecule has 0 radical (unpaired) electrons. The first-order valence-electron chi connectivity index (χ1n) is 7.54. The van der Waals surface area contributed by atoms with Crippen LogP contribution in [0, 0.1) is 16.7 Å². The highest BCUT2D eigenvalue weighted by atomic mass is 15.1. The van der Waals surface area contributed by atoms with E-state index in [1.807, 2.05) is 0 Å². The third-order valence-electron chi connectivity index (χ3n) is 4.10. The first-order valence-corrected chi connectivity index (χ1v) is 7.54. The van der Waals surface area contributed by atoms with E-state index in [-0.39, 0.29) is 0 Å². The van der Waals surface area contributed by atoms with Crippen molar-refractivity contribution in [3.05, 3.63) is 35.9 Å². The van der Waals surface area contributed by atoms with E-state index in [2.05, 4.69) is 53.7 Å². The van der Waals surface area contributed by atoms with E-state index < -0.39 is 0 Å². The Hall–Kier alpha value is -1.37. The Kier molecular flexibility index (Phi) is 5.58. The van der Waals surface area contributed by atoms with E-state index in [1.54, 1.807) is 0 Å². The number of hydrogen-bond donors (Lipinski definition) is 1. The van der Waals surface area contributed by atoms with Gasteiger partial charge in [0.15, 0.2) is 0 Å². The lowest BCUT2D eigenvalue weighted by Crippen LogP contribution is -2.28. The normalized spacial score (nSPS) is 16.1. The molecule has 2 rings (SSSR count). The van der Waals surface area contributed by atoms with Crippen molar-refractivity contribution in [2.75, 3.05) is 26.7 Å². The van der Waals surface area contributed by atoms with Crippen LogP contribution >= 0.6 is 0 Å². The first kappa shape index (κ1) is 15.0. The molecule has 20 heavy (non-hydrogen) atoms. The van der Waals surface area contributed by atoms with Gasteiger partial charge in [-0.3, -0.25) is 0 Å². The number of nitriles is 1. The third kappa shape index (κ3) is 4.96. The molecule has 0 atom stereocenters. The summed E-state index contributed by atoms with van der Waals surface area (Å²) in [5.41, 5.74) is 1.69. The van der Waals surface area contributed by atoms with Crippen molar-refractivity contribution in [2.45, 2.75) is 32.2 Å². The van der Waals surface area contributed by atoms with Gasteiger partial charge in [0.1, 0.15) is 0 Å². The van der Waals surface area contributed by atoms with Gasteiger partial charge in [-0.15, -0.1) is 0 Å². The lowest BCUT2D eigenvalue weighted by molar-refractivity contribution is 0.317. The van der Waals surface area contributed by atoms with E-state index >= 15 is 0 Å². The number of rotatable bonds is 9. The van der Waals surface area contributed by atoms with Gasteiger partial charge in [-0.1, -0.05) is 30.3 Å². The van der Waals surface area contributed by atoms with Crippen molar-refractivity contribution in [2.24, 2.45) is 5.41 Å². The first-order chi connectivity index (χ1) is 9.74. The lowest BCUT2D eigenvalue weighted by Gasteiger charge is -2.17. The van der Waals surface area contributed by atoms with E-state index in [0.29, 0.717) is 11.8 Å². The predicted molar refractivity (Wildman–Crippen MR) is 82.2 cm³/mol. The molecule has 1 aliphatic rings. The van der Waals surface area contributed by atoms with Crippen LogP contribution in [0.4, 0.5) is 0 Å². The fraction of sp³-hybridized carbons (Fsp3) is 0.588. The zero-order chi connectivity index (χ0) is 14.3. The minimum atomic E-state index is 0.324. The summed E-state index contributed by atoms with van der Waals surface area (Å²) >= 11 is 0. The highest BCUT2D eigenvalue weighted by Crippen LogP contribution is 2.47. The Bertz CT molecular complexity index is 431. The highest BCUT2D eigenvalue weighted by molar-refractivity contribution is 5.14. The van der Waals surface area contributed by atoms with Crippen molar-refractivity contribution in [1.29, 1.82) is 5.26 Å². The maximum atomic E-state index is 8.77. The van der Waals surface area contributed by atoms with Gasteiger partial charge >= 0.3 is 0 Å². The second-order valence-electron chi connectivity index (χ2n) is 6.09. The topological polar surface area (TPSA) is 39.1 Å². The molecule has 0 saturated heterocycles. The van der Waals surface area contributed by atoms with Crippen LogP contribution < -0.4 is 5.32 Å². The van der Waals surface area contributed by atoms with Crippen molar-refractivity contribution >= 4 is 0 Å². The molecule has 0 heterocycles. The minimum absolute atomic E-state index is 0.324. The third-order valence-corrected chi connectivity index (χ3v) is 4.10. The smallest absolute Gasteiger partial charge is 0.0628 e. The van der Waals surface area contributed by atoms with Crippen molar-refractivity contribution < 1.29 is 0 Å². The maximum Gasteiger partial charge on any atom is 0.0628 e. The van der Waals surface area contributed by atoms with E-state index in [1.165, 1.54) is 18.4 Å². The van der Waals surface area contributed by atoms with Gasteiger partial charge in [-0.2, -0.15) is 5.26 Å². The largest absolute Gasteiger partial charge is 0.316 e. The molecule has 0 aliphatic heterocycles. The summed E-state index contributed by atoms with van der Waals surface area (Å²) < 4.78 is 0. The van der Waals surface area contributed by atoms with Crippen LogP contribution in [0.25, 0.3) is 0 Å².